The third kappa shape index (κ3) is 4.39. The summed E-state index contributed by atoms with van der Waals surface area (Å²) in [6.45, 7) is 1.14. The Morgan fingerprint density at radius 3 is 2.44 bits per heavy atom. The Morgan fingerprint density at radius 1 is 1.07 bits per heavy atom. The molecule has 1 N–H and O–H groups in total. The Labute approximate surface area is 158 Å². The topological polar surface area (TPSA) is 76.1 Å². The number of carbonyl (C=O) groups excluding carboxylic acids is 2. The Bertz CT molecular complexity index is 797. The molecule has 0 spiro atoms. The number of methoxy groups -OCH3 is 1. The summed E-state index contributed by atoms with van der Waals surface area (Å²) in [4.78, 5) is 26.6. The molecule has 6 nitrogen and oxygen atoms in total. The molecule has 0 atom stereocenters. The number of amides is 1. The van der Waals surface area contributed by atoms with Gasteiger partial charge in [0, 0.05) is 19.0 Å². The number of carbonyl (C=O) groups is 2. The van der Waals surface area contributed by atoms with Gasteiger partial charge in [0.15, 0.2) is 17.3 Å². The van der Waals surface area contributed by atoms with Gasteiger partial charge in [0.25, 0.3) is 0 Å². The van der Waals surface area contributed by atoms with E-state index in [-0.39, 0.29) is 41.5 Å². The number of phenols is 1. The van der Waals surface area contributed by atoms with Crippen LogP contribution in [0.1, 0.15) is 28.8 Å². The molecule has 27 heavy (non-hydrogen) atoms. The first-order chi connectivity index (χ1) is 13.1. The molecule has 142 valence electrons. The molecule has 0 aliphatic carbocycles. The first kappa shape index (κ1) is 18.8. The third-order valence-electron chi connectivity index (χ3n) is 4.81. The van der Waals surface area contributed by atoms with Crippen molar-refractivity contribution >= 4 is 11.9 Å². The molecule has 2 aromatic carbocycles. The van der Waals surface area contributed by atoms with Gasteiger partial charge < -0.3 is 19.5 Å². The van der Waals surface area contributed by atoms with Crippen LogP contribution < -0.4 is 4.74 Å². The molecule has 3 rings (SSSR count). The highest BCUT2D eigenvalue weighted by Crippen LogP contribution is 2.33. The summed E-state index contributed by atoms with van der Waals surface area (Å²) in [5, 5.41) is 10.2. The Kier molecular flexibility index (Phi) is 5.96. The number of aromatic hydroxyl groups is 1. The maximum absolute atomic E-state index is 12.7. The zero-order valence-electron chi connectivity index (χ0n) is 15.3. The lowest BCUT2D eigenvalue weighted by atomic mass is 9.88. The number of ketones is 1. The summed E-state index contributed by atoms with van der Waals surface area (Å²) in [5.41, 5.74) is 1.20. The first-order valence-electron chi connectivity index (χ1n) is 8.96. The molecule has 1 aliphatic rings. The van der Waals surface area contributed by atoms with Crippen LogP contribution in [0.5, 0.6) is 11.5 Å². The molecule has 0 aromatic heterocycles. The van der Waals surface area contributed by atoms with Gasteiger partial charge in [0.2, 0.25) is 0 Å². The number of piperidine rings is 1. The molecule has 2 aromatic rings. The van der Waals surface area contributed by atoms with E-state index in [1.165, 1.54) is 7.11 Å². The second-order valence-electron chi connectivity index (χ2n) is 6.52. The van der Waals surface area contributed by atoms with Crippen LogP contribution in [0.25, 0.3) is 0 Å². The van der Waals surface area contributed by atoms with E-state index in [0.717, 1.165) is 5.56 Å². The van der Waals surface area contributed by atoms with Crippen LogP contribution in [0, 0.1) is 5.92 Å². The second kappa shape index (κ2) is 8.58. The van der Waals surface area contributed by atoms with Gasteiger partial charge in [-0.3, -0.25) is 4.79 Å². The van der Waals surface area contributed by atoms with Crippen molar-refractivity contribution in [1.29, 1.82) is 0 Å². The van der Waals surface area contributed by atoms with Crippen molar-refractivity contribution in [2.45, 2.75) is 19.4 Å². The summed E-state index contributed by atoms with van der Waals surface area (Å²) in [5.74, 6) is -0.206. The molecule has 1 heterocycles. The van der Waals surface area contributed by atoms with Crippen molar-refractivity contribution in [3.8, 4) is 11.5 Å². The van der Waals surface area contributed by atoms with Crippen LogP contribution in [0.15, 0.2) is 48.5 Å². The lowest BCUT2D eigenvalue weighted by molar-refractivity contribution is 0.0711. The molecule has 1 aliphatic heterocycles. The van der Waals surface area contributed by atoms with Gasteiger partial charge in [0.1, 0.15) is 6.61 Å². The Morgan fingerprint density at radius 2 is 1.78 bits per heavy atom. The molecular formula is C21H23NO5. The summed E-state index contributed by atoms with van der Waals surface area (Å²) < 4.78 is 10.4. The van der Waals surface area contributed by atoms with Gasteiger partial charge in [-0.15, -0.1) is 0 Å². The van der Waals surface area contributed by atoms with Crippen molar-refractivity contribution in [3.63, 3.8) is 0 Å². The smallest absolute Gasteiger partial charge is 0.410 e. The van der Waals surface area contributed by atoms with Crippen molar-refractivity contribution < 1.29 is 24.2 Å². The number of nitrogens with zero attached hydrogens (tertiary/aromatic N) is 1. The molecule has 0 bridgehead atoms. The van der Waals surface area contributed by atoms with Crippen LogP contribution in [0.2, 0.25) is 0 Å². The standard InChI is InChI=1S/C21H23NO5/c1-26-18-9-5-8-17(20(18)24)19(23)16-10-12-22(13-11-16)21(25)27-14-15-6-3-2-4-7-15/h2-9,16,24H,10-14H2,1H3. The van der Waals surface area contributed by atoms with E-state index in [4.69, 9.17) is 9.47 Å². The fraction of sp³-hybridized carbons (Fsp3) is 0.333. The molecule has 6 heteroatoms. The lowest BCUT2D eigenvalue weighted by Crippen LogP contribution is -2.40. The molecule has 0 saturated carbocycles. The van der Waals surface area contributed by atoms with E-state index in [1.807, 2.05) is 30.3 Å². The lowest BCUT2D eigenvalue weighted by Gasteiger charge is -2.30. The summed E-state index contributed by atoms with van der Waals surface area (Å²) in [7, 11) is 1.45. The average molecular weight is 369 g/mol. The van der Waals surface area contributed by atoms with Gasteiger partial charge in [-0.1, -0.05) is 36.4 Å². The van der Waals surface area contributed by atoms with Gasteiger partial charge in [-0.25, -0.2) is 4.79 Å². The number of benzene rings is 2. The minimum atomic E-state index is -0.367. The normalized spacial score (nSPS) is 14.6. The quantitative estimate of drug-likeness (QED) is 0.815. The van der Waals surface area contributed by atoms with E-state index in [1.54, 1.807) is 23.1 Å². The van der Waals surface area contributed by atoms with Gasteiger partial charge in [-0.2, -0.15) is 0 Å². The number of ether oxygens (including phenoxy) is 2. The van der Waals surface area contributed by atoms with Crippen LogP contribution in [-0.4, -0.2) is 42.1 Å². The molecular weight excluding hydrogens is 346 g/mol. The number of likely N-dealkylation sites (tertiary alicyclic amines) is 1. The minimum absolute atomic E-state index is 0.122. The van der Waals surface area contributed by atoms with Gasteiger partial charge in [0.05, 0.1) is 12.7 Å². The molecule has 1 saturated heterocycles. The monoisotopic (exact) mass is 369 g/mol. The number of hydrogen-bond donors (Lipinski definition) is 1. The SMILES string of the molecule is COc1cccc(C(=O)C2CCN(C(=O)OCc3ccccc3)CC2)c1O. The number of para-hydroxylation sites is 1. The summed E-state index contributed by atoms with van der Waals surface area (Å²) >= 11 is 0. The largest absolute Gasteiger partial charge is 0.504 e. The highest BCUT2D eigenvalue weighted by Gasteiger charge is 2.30. The average Bonchev–Trinajstić information content (AvgIpc) is 2.72. The van der Waals surface area contributed by atoms with Crippen molar-refractivity contribution in [3.05, 3.63) is 59.7 Å². The number of hydrogen-bond acceptors (Lipinski definition) is 5. The summed E-state index contributed by atoms with van der Waals surface area (Å²) in [6, 6.07) is 14.4. The van der Waals surface area contributed by atoms with Crippen molar-refractivity contribution in [2.75, 3.05) is 20.2 Å². The molecule has 1 fully saturated rings. The number of Topliss-reactive ketones (excluding diaryl/α,β-unsaturated/α-hetero) is 1. The second-order valence-corrected chi connectivity index (χ2v) is 6.52. The van der Waals surface area contributed by atoms with Crippen LogP contribution >= 0.6 is 0 Å². The number of phenolic OH excluding ortho intramolecular Hbond substituents is 1. The van der Waals surface area contributed by atoms with E-state index < -0.39 is 0 Å². The number of rotatable bonds is 5. The zero-order chi connectivity index (χ0) is 19.2. The maximum Gasteiger partial charge on any atom is 0.410 e. The molecule has 0 unspecified atom stereocenters. The van der Waals surface area contributed by atoms with E-state index >= 15 is 0 Å². The summed E-state index contributed by atoms with van der Waals surface area (Å²) in [6.07, 6.45) is 0.709. The maximum atomic E-state index is 12.7. The van der Waals surface area contributed by atoms with E-state index in [0.29, 0.717) is 25.9 Å². The highest BCUT2D eigenvalue weighted by atomic mass is 16.6. The van der Waals surface area contributed by atoms with Gasteiger partial charge in [-0.05, 0) is 30.5 Å². The zero-order valence-corrected chi connectivity index (χ0v) is 15.3. The fourth-order valence-corrected chi connectivity index (χ4v) is 3.24. The predicted octanol–water partition coefficient (Wildman–Crippen LogP) is 3.63. The Hall–Kier alpha value is -3.02. The van der Waals surface area contributed by atoms with E-state index in [9.17, 15) is 14.7 Å². The third-order valence-corrected chi connectivity index (χ3v) is 4.81. The molecule has 1 amide bonds. The van der Waals surface area contributed by atoms with Crippen LogP contribution in [-0.2, 0) is 11.3 Å². The van der Waals surface area contributed by atoms with Crippen molar-refractivity contribution in [1.82, 2.24) is 4.90 Å². The Balaban J connectivity index is 1.54. The molecule has 0 radical (unpaired) electrons. The predicted molar refractivity (Wildman–Crippen MR) is 99.9 cm³/mol. The highest BCUT2D eigenvalue weighted by molar-refractivity contribution is 6.01. The van der Waals surface area contributed by atoms with Crippen LogP contribution in [0.3, 0.4) is 0 Å². The first-order valence-corrected chi connectivity index (χ1v) is 8.96. The van der Waals surface area contributed by atoms with Crippen LogP contribution in [0.4, 0.5) is 4.79 Å². The van der Waals surface area contributed by atoms with E-state index in [2.05, 4.69) is 0 Å². The van der Waals surface area contributed by atoms with Gasteiger partial charge >= 0.3 is 6.09 Å². The minimum Gasteiger partial charge on any atom is -0.504 e. The van der Waals surface area contributed by atoms with Crippen molar-refractivity contribution in [2.24, 2.45) is 5.92 Å². The fourth-order valence-electron chi connectivity index (χ4n) is 3.24.